The number of hydrogen-bond acceptors (Lipinski definition) is 2. The third kappa shape index (κ3) is 3.21. The standard InChI is InChI=1S/C14H25NO2/c1-2-12(8-13(16)17)9-15-10-14(11-15)6-4-3-5-7-14/h12H,2-11H2,1H3,(H,16,17). The highest BCUT2D eigenvalue weighted by atomic mass is 16.4. The number of carbonyl (C=O) groups is 1. The molecule has 1 atom stereocenters. The lowest BCUT2D eigenvalue weighted by molar-refractivity contribution is -0.138. The van der Waals surface area contributed by atoms with E-state index in [0.29, 0.717) is 17.8 Å². The van der Waals surface area contributed by atoms with Gasteiger partial charge in [-0.15, -0.1) is 0 Å². The van der Waals surface area contributed by atoms with Crippen LogP contribution in [-0.4, -0.2) is 35.6 Å². The Labute approximate surface area is 104 Å². The summed E-state index contributed by atoms with van der Waals surface area (Å²) < 4.78 is 0. The van der Waals surface area contributed by atoms with Gasteiger partial charge in [-0.05, 0) is 24.2 Å². The first-order valence-electron chi connectivity index (χ1n) is 7.08. The molecule has 1 N–H and O–H groups in total. The van der Waals surface area contributed by atoms with Crippen LogP contribution in [0, 0.1) is 11.3 Å². The molecule has 0 aromatic heterocycles. The van der Waals surface area contributed by atoms with Crippen molar-refractivity contribution in [3.63, 3.8) is 0 Å². The van der Waals surface area contributed by atoms with Crippen LogP contribution in [0.2, 0.25) is 0 Å². The lowest BCUT2D eigenvalue weighted by atomic mass is 9.68. The van der Waals surface area contributed by atoms with Crippen molar-refractivity contribution in [1.82, 2.24) is 4.90 Å². The average molecular weight is 239 g/mol. The van der Waals surface area contributed by atoms with Crippen molar-refractivity contribution in [2.45, 2.75) is 51.9 Å². The van der Waals surface area contributed by atoms with Gasteiger partial charge in [-0.2, -0.15) is 0 Å². The number of carboxylic acids is 1. The molecule has 1 spiro atoms. The number of aliphatic carboxylic acids is 1. The molecule has 98 valence electrons. The zero-order valence-electron chi connectivity index (χ0n) is 11.0. The Balaban J connectivity index is 1.73. The Morgan fingerprint density at radius 3 is 2.47 bits per heavy atom. The Morgan fingerprint density at radius 2 is 1.94 bits per heavy atom. The van der Waals surface area contributed by atoms with E-state index in [1.165, 1.54) is 45.2 Å². The summed E-state index contributed by atoms with van der Waals surface area (Å²) in [5, 5.41) is 8.84. The largest absolute Gasteiger partial charge is 0.481 e. The molecule has 2 rings (SSSR count). The molecule has 0 aromatic rings. The fraction of sp³-hybridized carbons (Fsp3) is 0.929. The van der Waals surface area contributed by atoms with Crippen LogP contribution in [0.15, 0.2) is 0 Å². The first-order chi connectivity index (χ1) is 8.13. The summed E-state index contributed by atoms with van der Waals surface area (Å²) >= 11 is 0. The minimum atomic E-state index is -0.648. The predicted molar refractivity (Wildman–Crippen MR) is 68.0 cm³/mol. The van der Waals surface area contributed by atoms with E-state index in [4.69, 9.17) is 5.11 Å². The Kier molecular flexibility index (Phi) is 4.08. The Bertz CT molecular complexity index is 263. The lowest BCUT2D eigenvalue weighted by Crippen LogP contribution is -2.58. The van der Waals surface area contributed by atoms with E-state index in [0.717, 1.165) is 13.0 Å². The maximum absolute atomic E-state index is 10.7. The van der Waals surface area contributed by atoms with Gasteiger partial charge in [-0.1, -0.05) is 32.6 Å². The van der Waals surface area contributed by atoms with Crippen LogP contribution in [-0.2, 0) is 4.79 Å². The van der Waals surface area contributed by atoms with Gasteiger partial charge >= 0.3 is 5.97 Å². The molecule has 1 saturated heterocycles. The lowest BCUT2D eigenvalue weighted by Gasteiger charge is -2.53. The van der Waals surface area contributed by atoms with Gasteiger partial charge in [0.2, 0.25) is 0 Å². The van der Waals surface area contributed by atoms with Gasteiger partial charge in [0.25, 0.3) is 0 Å². The second kappa shape index (κ2) is 5.38. The maximum atomic E-state index is 10.7. The van der Waals surface area contributed by atoms with Gasteiger partial charge in [0.15, 0.2) is 0 Å². The van der Waals surface area contributed by atoms with Crippen LogP contribution >= 0.6 is 0 Å². The van der Waals surface area contributed by atoms with Gasteiger partial charge in [-0.25, -0.2) is 0 Å². The number of hydrogen-bond donors (Lipinski definition) is 1. The normalized spacial score (nSPS) is 25.5. The monoisotopic (exact) mass is 239 g/mol. The molecule has 1 unspecified atom stereocenters. The van der Waals surface area contributed by atoms with Crippen molar-refractivity contribution in [2.24, 2.45) is 11.3 Å². The molecular weight excluding hydrogens is 214 g/mol. The summed E-state index contributed by atoms with van der Waals surface area (Å²) in [6, 6.07) is 0. The molecule has 1 saturated carbocycles. The summed E-state index contributed by atoms with van der Waals surface area (Å²) in [5.74, 6) is -0.307. The van der Waals surface area contributed by atoms with Gasteiger partial charge < -0.3 is 10.0 Å². The Morgan fingerprint density at radius 1 is 1.29 bits per heavy atom. The first-order valence-corrected chi connectivity index (χ1v) is 7.08. The number of nitrogens with zero attached hydrogens (tertiary/aromatic N) is 1. The third-order valence-electron chi connectivity index (χ3n) is 4.59. The Hall–Kier alpha value is -0.570. The van der Waals surface area contributed by atoms with Crippen LogP contribution in [0.1, 0.15) is 51.9 Å². The molecule has 3 heteroatoms. The molecule has 1 aliphatic heterocycles. The molecule has 0 amide bonds. The number of likely N-dealkylation sites (tertiary alicyclic amines) is 1. The molecule has 0 aromatic carbocycles. The SMILES string of the molecule is CCC(CC(=O)O)CN1CC2(CCCCC2)C1. The van der Waals surface area contributed by atoms with Crippen LogP contribution in [0.25, 0.3) is 0 Å². The summed E-state index contributed by atoms with van der Waals surface area (Å²) in [6.07, 6.45) is 8.34. The first kappa shape index (κ1) is 12.9. The van der Waals surface area contributed by atoms with Crippen molar-refractivity contribution in [1.29, 1.82) is 0 Å². The van der Waals surface area contributed by atoms with Crippen LogP contribution < -0.4 is 0 Å². The van der Waals surface area contributed by atoms with Crippen molar-refractivity contribution >= 4 is 5.97 Å². The summed E-state index contributed by atoms with van der Waals surface area (Å²) in [5.41, 5.74) is 0.625. The zero-order valence-corrected chi connectivity index (χ0v) is 11.0. The second-order valence-corrected chi connectivity index (χ2v) is 6.10. The average Bonchev–Trinajstić information content (AvgIpc) is 2.26. The highest BCUT2D eigenvalue weighted by Crippen LogP contribution is 2.44. The van der Waals surface area contributed by atoms with E-state index in [9.17, 15) is 4.79 Å². The minimum absolute atomic E-state index is 0.333. The molecule has 1 heterocycles. The molecule has 17 heavy (non-hydrogen) atoms. The van der Waals surface area contributed by atoms with E-state index in [1.807, 2.05) is 0 Å². The molecular formula is C14H25NO2. The quantitative estimate of drug-likeness (QED) is 0.802. The topological polar surface area (TPSA) is 40.5 Å². The molecule has 1 aliphatic carbocycles. The number of rotatable bonds is 5. The fourth-order valence-corrected chi connectivity index (χ4v) is 3.60. The van der Waals surface area contributed by atoms with E-state index < -0.39 is 5.97 Å². The molecule has 0 bridgehead atoms. The van der Waals surface area contributed by atoms with Crippen molar-refractivity contribution in [3.8, 4) is 0 Å². The predicted octanol–water partition coefficient (Wildman–Crippen LogP) is 2.75. The van der Waals surface area contributed by atoms with Crippen LogP contribution in [0.3, 0.4) is 0 Å². The minimum Gasteiger partial charge on any atom is -0.481 e. The zero-order chi connectivity index (χ0) is 12.3. The van der Waals surface area contributed by atoms with E-state index >= 15 is 0 Å². The van der Waals surface area contributed by atoms with Gasteiger partial charge in [0, 0.05) is 26.1 Å². The summed E-state index contributed by atoms with van der Waals surface area (Å²) in [4.78, 5) is 13.2. The maximum Gasteiger partial charge on any atom is 0.303 e. The second-order valence-electron chi connectivity index (χ2n) is 6.10. The summed E-state index contributed by atoms with van der Waals surface area (Å²) in [7, 11) is 0. The molecule has 3 nitrogen and oxygen atoms in total. The fourth-order valence-electron chi connectivity index (χ4n) is 3.60. The third-order valence-corrected chi connectivity index (χ3v) is 4.59. The van der Waals surface area contributed by atoms with Gasteiger partial charge in [0.05, 0.1) is 0 Å². The highest BCUT2D eigenvalue weighted by molar-refractivity contribution is 5.67. The summed E-state index contributed by atoms with van der Waals surface area (Å²) in [6.45, 7) is 5.54. The van der Waals surface area contributed by atoms with E-state index in [2.05, 4.69) is 11.8 Å². The van der Waals surface area contributed by atoms with Gasteiger partial charge in [0.1, 0.15) is 0 Å². The van der Waals surface area contributed by atoms with Crippen LogP contribution in [0.5, 0.6) is 0 Å². The molecule has 2 fully saturated rings. The van der Waals surface area contributed by atoms with Crippen molar-refractivity contribution in [3.05, 3.63) is 0 Å². The van der Waals surface area contributed by atoms with Crippen LogP contribution in [0.4, 0.5) is 0 Å². The number of carboxylic acid groups (broad SMARTS) is 1. The molecule has 2 aliphatic rings. The van der Waals surface area contributed by atoms with E-state index in [1.54, 1.807) is 0 Å². The molecule has 0 radical (unpaired) electrons. The van der Waals surface area contributed by atoms with Gasteiger partial charge in [-0.3, -0.25) is 4.79 Å². The van der Waals surface area contributed by atoms with E-state index in [-0.39, 0.29) is 0 Å². The van der Waals surface area contributed by atoms with Crippen molar-refractivity contribution in [2.75, 3.05) is 19.6 Å². The smallest absolute Gasteiger partial charge is 0.303 e. The van der Waals surface area contributed by atoms with Crippen molar-refractivity contribution < 1.29 is 9.90 Å². The highest BCUT2D eigenvalue weighted by Gasteiger charge is 2.43.